The van der Waals surface area contributed by atoms with E-state index in [-0.39, 0.29) is 17.6 Å². The first-order valence-corrected chi connectivity index (χ1v) is 8.81. The highest BCUT2D eigenvalue weighted by Gasteiger charge is 2.14. The molecule has 0 saturated heterocycles. The molecule has 7 heteroatoms. The molecule has 2 aromatic carbocycles. The number of anilines is 1. The first kappa shape index (κ1) is 18.6. The van der Waals surface area contributed by atoms with Gasteiger partial charge in [0.2, 0.25) is 5.91 Å². The van der Waals surface area contributed by atoms with Gasteiger partial charge in [0.25, 0.3) is 5.91 Å². The van der Waals surface area contributed by atoms with Crippen LogP contribution in [0.1, 0.15) is 10.4 Å². The van der Waals surface area contributed by atoms with E-state index in [1.165, 1.54) is 16.7 Å². The fourth-order valence-corrected chi connectivity index (χ4v) is 3.15. The van der Waals surface area contributed by atoms with E-state index in [1.54, 1.807) is 44.4 Å². The lowest BCUT2D eigenvalue weighted by atomic mass is 10.2. The molecule has 2 rings (SSSR count). The number of thioether (sulfide) groups is 1. The van der Waals surface area contributed by atoms with Gasteiger partial charge in [0.05, 0.1) is 21.4 Å². The largest absolute Gasteiger partial charge is 0.348 e. The summed E-state index contributed by atoms with van der Waals surface area (Å²) in [5.74, 6) is -0.0159. The molecule has 0 aromatic heterocycles. The zero-order valence-electron chi connectivity index (χ0n) is 13.2. The van der Waals surface area contributed by atoms with Gasteiger partial charge in [-0.25, -0.2) is 0 Å². The average Bonchev–Trinajstić information content (AvgIpc) is 2.56. The van der Waals surface area contributed by atoms with Crippen molar-refractivity contribution in [2.75, 3.05) is 25.2 Å². The maximum atomic E-state index is 12.5. The summed E-state index contributed by atoms with van der Waals surface area (Å²) in [7, 11) is 3.40. The van der Waals surface area contributed by atoms with Gasteiger partial charge < -0.3 is 10.2 Å². The fourth-order valence-electron chi connectivity index (χ4n) is 1.82. The van der Waals surface area contributed by atoms with Crippen LogP contribution < -0.4 is 5.32 Å². The van der Waals surface area contributed by atoms with Crippen LogP contribution in [0.4, 0.5) is 5.69 Å². The van der Waals surface area contributed by atoms with Gasteiger partial charge in [-0.2, -0.15) is 0 Å². The minimum atomic E-state index is -0.270. The van der Waals surface area contributed by atoms with Crippen LogP contribution in [0.5, 0.6) is 0 Å². The van der Waals surface area contributed by atoms with E-state index in [0.717, 1.165) is 4.90 Å². The van der Waals surface area contributed by atoms with E-state index in [9.17, 15) is 9.59 Å². The van der Waals surface area contributed by atoms with Crippen LogP contribution in [-0.4, -0.2) is 36.6 Å². The summed E-state index contributed by atoms with van der Waals surface area (Å²) in [5, 5.41) is 3.58. The van der Waals surface area contributed by atoms with Gasteiger partial charge in [-0.3, -0.25) is 9.59 Å². The highest BCUT2D eigenvalue weighted by molar-refractivity contribution is 8.00. The van der Waals surface area contributed by atoms with Gasteiger partial charge in [-0.15, -0.1) is 11.8 Å². The SMILES string of the molecule is CN(C)C(=O)CSc1ccccc1C(=O)Nc1ccc(Cl)c(Cl)c1. The molecule has 0 radical (unpaired) electrons. The summed E-state index contributed by atoms with van der Waals surface area (Å²) in [6.07, 6.45) is 0. The van der Waals surface area contributed by atoms with Crippen LogP contribution in [0.15, 0.2) is 47.4 Å². The molecule has 0 aliphatic rings. The number of halogens is 2. The minimum Gasteiger partial charge on any atom is -0.348 e. The van der Waals surface area contributed by atoms with Crippen molar-refractivity contribution >= 4 is 52.5 Å². The molecule has 0 aliphatic heterocycles. The zero-order chi connectivity index (χ0) is 17.7. The van der Waals surface area contributed by atoms with Gasteiger partial charge in [0.15, 0.2) is 0 Å². The number of carbonyl (C=O) groups is 2. The van der Waals surface area contributed by atoms with Crippen LogP contribution in [0.3, 0.4) is 0 Å². The number of hydrogen-bond donors (Lipinski definition) is 1. The molecule has 0 saturated carbocycles. The number of amides is 2. The van der Waals surface area contributed by atoms with E-state index in [2.05, 4.69) is 5.32 Å². The molecule has 0 aliphatic carbocycles. The van der Waals surface area contributed by atoms with Gasteiger partial charge in [0, 0.05) is 24.7 Å². The molecule has 1 N–H and O–H groups in total. The lowest BCUT2D eigenvalue weighted by molar-refractivity contribution is -0.125. The molecule has 0 bridgehead atoms. The highest BCUT2D eigenvalue weighted by Crippen LogP contribution is 2.27. The molecule has 0 fully saturated rings. The highest BCUT2D eigenvalue weighted by atomic mass is 35.5. The molecule has 4 nitrogen and oxygen atoms in total. The standard InChI is InChI=1S/C17H16Cl2N2O2S/c1-21(2)16(22)10-24-15-6-4-3-5-12(15)17(23)20-11-7-8-13(18)14(19)9-11/h3-9H,10H2,1-2H3,(H,20,23). The van der Waals surface area contributed by atoms with E-state index >= 15 is 0 Å². The Bertz CT molecular complexity index is 766. The number of benzene rings is 2. The maximum absolute atomic E-state index is 12.5. The first-order valence-electron chi connectivity index (χ1n) is 7.07. The summed E-state index contributed by atoms with van der Waals surface area (Å²) in [6, 6.07) is 12.0. The van der Waals surface area contributed by atoms with Crippen molar-refractivity contribution in [1.29, 1.82) is 0 Å². The predicted molar refractivity (Wildman–Crippen MR) is 100 cm³/mol. The third kappa shape index (κ3) is 4.90. The Labute approximate surface area is 155 Å². The Morgan fingerprint density at radius 3 is 2.46 bits per heavy atom. The zero-order valence-corrected chi connectivity index (χ0v) is 15.5. The molecular formula is C17H16Cl2N2O2S. The van der Waals surface area contributed by atoms with Crippen LogP contribution in [-0.2, 0) is 4.79 Å². The smallest absolute Gasteiger partial charge is 0.256 e. The quantitative estimate of drug-likeness (QED) is 0.778. The molecule has 0 heterocycles. The van der Waals surface area contributed by atoms with Crippen LogP contribution in [0.2, 0.25) is 10.0 Å². The molecule has 126 valence electrons. The van der Waals surface area contributed by atoms with E-state index in [4.69, 9.17) is 23.2 Å². The van der Waals surface area contributed by atoms with Crippen LogP contribution >= 0.6 is 35.0 Å². The Balaban J connectivity index is 2.14. The fraction of sp³-hybridized carbons (Fsp3) is 0.176. The monoisotopic (exact) mass is 382 g/mol. The van der Waals surface area contributed by atoms with E-state index in [0.29, 0.717) is 21.3 Å². The van der Waals surface area contributed by atoms with Crippen molar-refractivity contribution < 1.29 is 9.59 Å². The number of nitrogens with one attached hydrogen (secondary N) is 1. The number of nitrogens with zero attached hydrogens (tertiary/aromatic N) is 1. The summed E-state index contributed by atoms with van der Waals surface area (Å²) in [5.41, 5.74) is 1.05. The summed E-state index contributed by atoms with van der Waals surface area (Å²) in [6.45, 7) is 0. The molecular weight excluding hydrogens is 367 g/mol. The van der Waals surface area contributed by atoms with Crippen molar-refractivity contribution in [3.63, 3.8) is 0 Å². The van der Waals surface area contributed by atoms with Crippen LogP contribution in [0.25, 0.3) is 0 Å². The summed E-state index contributed by atoms with van der Waals surface area (Å²) in [4.78, 5) is 26.5. The second-order valence-electron chi connectivity index (χ2n) is 5.16. The molecule has 2 aromatic rings. The summed E-state index contributed by atoms with van der Waals surface area (Å²) >= 11 is 13.2. The van der Waals surface area contributed by atoms with Crippen molar-refractivity contribution in [2.24, 2.45) is 0 Å². The Morgan fingerprint density at radius 2 is 1.79 bits per heavy atom. The minimum absolute atomic E-state index is 0.0142. The van der Waals surface area contributed by atoms with Gasteiger partial charge in [-0.05, 0) is 30.3 Å². The van der Waals surface area contributed by atoms with Gasteiger partial charge in [0.1, 0.15) is 0 Å². The Hall–Kier alpha value is -1.69. The number of rotatable bonds is 5. The molecule has 24 heavy (non-hydrogen) atoms. The molecule has 2 amide bonds. The van der Waals surface area contributed by atoms with Crippen molar-refractivity contribution in [1.82, 2.24) is 4.90 Å². The maximum Gasteiger partial charge on any atom is 0.256 e. The topological polar surface area (TPSA) is 49.4 Å². The Morgan fingerprint density at radius 1 is 1.08 bits per heavy atom. The summed E-state index contributed by atoms with van der Waals surface area (Å²) < 4.78 is 0. The average molecular weight is 383 g/mol. The lowest BCUT2D eigenvalue weighted by Gasteiger charge is -2.12. The van der Waals surface area contributed by atoms with Gasteiger partial charge in [-0.1, -0.05) is 35.3 Å². The second-order valence-corrected chi connectivity index (χ2v) is 6.99. The van der Waals surface area contributed by atoms with Crippen LogP contribution in [0, 0.1) is 0 Å². The van der Waals surface area contributed by atoms with E-state index in [1.807, 2.05) is 12.1 Å². The molecule has 0 unspecified atom stereocenters. The number of hydrogen-bond acceptors (Lipinski definition) is 3. The van der Waals surface area contributed by atoms with Crippen molar-refractivity contribution in [3.8, 4) is 0 Å². The van der Waals surface area contributed by atoms with Gasteiger partial charge >= 0.3 is 0 Å². The third-order valence-electron chi connectivity index (χ3n) is 3.16. The van der Waals surface area contributed by atoms with Crippen molar-refractivity contribution in [3.05, 3.63) is 58.1 Å². The predicted octanol–water partition coefficient (Wildman–Crippen LogP) is 4.43. The molecule has 0 spiro atoms. The third-order valence-corrected chi connectivity index (χ3v) is 4.96. The second kappa shape index (κ2) is 8.42. The molecule has 0 atom stereocenters. The first-order chi connectivity index (χ1) is 11.4. The Kier molecular flexibility index (Phi) is 6.54. The van der Waals surface area contributed by atoms with E-state index < -0.39 is 0 Å². The van der Waals surface area contributed by atoms with Crippen molar-refractivity contribution in [2.45, 2.75) is 4.90 Å². The normalized spacial score (nSPS) is 10.3. The number of carbonyl (C=O) groups excluding carboxylic acids is 2. The lowest BCUT2D eigenvalue weighted by Crippen LogP contribution is -2.23.